The number of hydrogen-bond donors (Lipinski definition) is 0. The third kappa shape index (κ3) is 5.08. The molecule has 1 atom stereocenters. The fourth-order valence-corrected chi connectivity index (χ4v) is 3.77. The van der Waals surface area contributed by atoms with Gasteiger partial charge in [-0.15, -0.1) is 0 Å². The van der Waals surface area contributed by atoms with Crippen molar-refractivity contribution < 1.29 is 18.0 Å². The van der Waals surface area contributed by atoms with Crippen LogP contribution in [0.3, 0.4) is 0 Å². The summed E-state index contributed by atoms with van der Waals surface area (Å²) in [4.78, 5) is 20.7. The Labute approximate surface area is 169 Å². The number of alkyl halides is 3. The molecule has 0 N–H and O–H groups in total. The average molecular weight is 405 g/mol. The molecule has 1 aromatic carbocycles. The van der Waals surface area contributed by atoms with Crippen molar-refractivity contribution in [3.8, 4) is 0 Å². The van der Waals surface area contributed by atoms with E-state index in [4.69, 9.17) is 0 Å². The molecule has 1 fully saturated rings. The number of pyridine rings is 1. The Morgan fingerprint density at radius 2 is 1.93 bits per heavy atom. The van der Waals surface area contributed by atoms with E-state index in [9.17, 15) is 18.0 Å². The van der Waals surface area contributed by atoms with E-state index in [0.717, 1.165) is 11.6 Å². The average Bonchev–Trinajstić information content (AvgIpc) is 2.71. The highest BCUT2D eigenvalue weighted by Crippen LogP contribution is 2.36. The fourth-order valence-electron chi connectivity index (χ4n) is 3.77. The molecule has 1 saturated heterocycles. The van der Waals surface area contributed by atoms with E-state index in [1.165, 1.54) is 12.3 Å². The van der Waals surface area contributed by atoms with Gasteiger partial charge in [-0.25, -0.2) is 4.98 Å². The number of aromatic nitrogens is 1. The minimum Gasteiger partial charge on any atom is -0.355 e. The van der Waals surface area contributed by atoms with E-state index in [1.54, 1.807) is 4.90 Å². The van der Waals surface area contributed by atoms with Gasteiger partial charge >= 0.3 is 6.18 Å². The number of benzene rings is 1. The number of carbonyl (C=O) groups excluding carboxylic acids is 1. The van der Waals surface area contributed by atoms with Gasteiger partial charge in [-0.3, -0.25) is 4.79 Å². The van der Waals surface area contributed by atoms with Crippen molar-refractivity contribution >= 4 is 11.7 Å². The Bertz CT molecular complexity index is 824. The Morgan fingerprint density at radius 3 is 2.59 bits per heavy atom. The Kier molecular flexibility index (Phi) is 6.45. The molecule has 0 radical (unpaired) electrons. The van der Waals surface area contributed by atoms with Gasteiger partial charge in [-0.2, -0.15) is 13.2 Å². The van der Waals surface area contributed by atoms with Crippen LogP contribution in [0.25, 0.3) is 0 Å². The van der Waals surface area contributed by atoms with Crippen molar-refractivity contribution in [3.05, 3.63) is 59.8 Å². The highest BCUT2D eigenvalue weighted by Gasteiger charge is 2.38. The molecule has 1 aromatic heterocycles. The molecule has 0 bridgehead atoms. The first-order chi connectivity index (χ1) is 13.8. The molecule has 1 aliphatic rings. The smallest absolute Gasteiger partial charge is 0.355 e. The van der Waals surface area contributed by atoms with Crippen LogP contribution in [0.4, 0.5) is 19.0 Å². The zero-order valence-corrected chi connectivity index (χ0v) is 16.7. The SMILES string of the molecule is CC(C)N(Cc1ccccc1)C(=O)C1CCCN(c2ncccc2C(F)(F)F)C1. The van der Waals surface area contributed by atoms with E-state index >= 15 is 0 Å². The lowest BCUT2D eigenvalue weighted by atomic mass is 9.95. The van der Waals surface area contributed by atoms with Gasteiger partial charge in [0.05, 0.1) is 11.5 Å². The minimum atomic E-state index is -4.47. The highest BCUT2D eigenvalue weighted by atomic mass is 19.4. The molecule has 1 amide bonds. The predicted molar refractivity (Wildman–Crippen MR) is 106 cm³/mol. The monoisotopic (exact) mass is 405 g/mol. The number of piperidine rings is 1. The summed E-state index contributed by atoms with van der Waals surface area (Å²) in [7, 11) is 0. The van der Waals surface area contributed by atoms with Crippen LogP contribution >= 0.6 is 0 Å². The first kappa shape index (κ1) is 21.1. The van der Waals surface area contributed by atoms with Crippen LogP contribution in [0.1, 0.15) is 37.8 Å². The number of nitrogens with zero attached hydrogens (tertiary/aromatic N) is 3. The van der Waals surface area contributed by atoms with Crippen LogP contribution in [-0.2, 0) is 17.5 Å². The first-order valence-electron chi connectivity index (χ1n) is 9.89. The third-order valence-corrected chi connectivity index (χ3v) is 5.26. The standard InChI is InChI=1S/C22H26F3N3O/c1-16(2)28(14-17-8-4-3-5-9-17)21(29)18-10-7-13-27(15-18)20-19(22(23,24)25)11-6-12-26-20/h3-6,8-9,11-12,16,18H,7,10,13-15H2,1-2H3. The van der Waals surface area contributed by atoms with E-state index in [2.05, 4.69) is 4.98 Å². The van der Waals surface area contributed by atoms with Gasteiger partial charge in [-0.05, 0) is 44.4 Å². The molecule has 2 heterocycles. The van der Waals surface area contributed by atoms with Gasteiger partial charge in [0.15, 0.2) is 0 Å². The van der Waals surface area contributed by atoms with Crippen LogP contribution in [-0.4, -0.2) is 34.9 Å². The molecule has 4 nitrogen and oxygen atoms in total. The van der Waals surface area contributed by atoms with Gasteiger partial charge in [0, 0.05) is 31.9 Å². The fraction of sp³-hybridized carbons (Fsp3) is 0.455. The zero-order valence-electron chi connectivity index (χ0n) is 16.7. The number of halogens is 3. The van der Waals surface area contributed by atoms with Crippen LogP contribution in [0.5, 0.6) is 0 Å². The summed E-state index contributed by atoms with van der Waals surface area (Å²) in [5, 5.41) is 0. The molecule has 7 heteroatoms. The predicted octanol–water partition coefficient (Wildman–Crippen LogP) is 4.75. The highest BCUT2D eigenvalue weighted by molar-refractivity contribution is 5.80. The van der Waals surface area contributed by atoms with Gasteiger partial charge < -0.3 is 9.80 Å². The molecular formula is C22H26F3N3O. The number of rotatable bonds is 5. The summed E-state index contributed by atoms with van der Waals surface area (Å²) in [6, 6.07) is 12.1. The van der Waals surface area contributed by atoms with Crippen molar-refractivity contribution in [2.24, 2.45) is 5.92 Å². The topological polar surface area (TPSA) is 36.4 Å². The molecule has 29 heavy (non-hydrogen) atoms. The van der Waals surface area contributed by atoms with Gasteiger partial charge in [0.1, 0.15) is 5.82 Å². The molecule has 3 rings (SSSR count). The van der Waals surface area contributed by atoms with Crippen molar-refractivity contribution in [1.29, 1.82) is 0 Å². The van der Waals surface area contributed by atoms with E-state index in [-0.39, 0.29) is 30.2 Å². The van der Waals surface area contributed by atoms with Crippen LogP contribution < -0.4 is 4.90 Å². The lowest BCUT2D eigenvalue weighted by Gasteiger charge is -2.37. The summed E-state index contributed by atoms with van der Waals surface area (Å²) >= 11 is 0. The quantitative estimate of drug-likeness (QED) is 0.720. The lowest BCUT2D eigenvalue weighted by Crippen LogP contribution is -2.47. The van der Waals surface area contributed by atoms with Crippen molar-refractivity contribution in [2.75, 3.05) is 18.0 Å². The number of hydrogen-bond acceptors (Lipinski definition) is 3. The molecule has 0 spiro atoms. The first-order valence-corrected chi connectivity index (χ1v) is 9.89. The Balaban J connectivity index is 1.78. The maximum atomic E-state index is 13.4. The van der Waals surface area contributed by atoms with Crippen LogP contribution in [0, 0.1) is 5.92 Å². The maximum Gasteiger partial charge on any atom is 0.419 e. The van der Waals surface area contributed by atoms with E-state index in [0.29, 0.717) is 25.9 Å². The second-order valence-electron chi connectivity index (χ2n) is 7.70. The van der Waals surface area contributed by atoms with Gasteiger partial charge in [0.2, 0.25) is 5.91 Å². The number of carbonyl (C=O) groups is 1. The summed E-state index contributed by atoms with van der Waals surface area (Å²) < 4.78 is 40.2. The molecule has 0 aliphatic carbocycles. The van der Waals surface area contributed by atoms with Crippen molar-refractivity contribution in [2.45, 2.75) is 45.5 Å². The summed E-state index contributed by atoms with van der Waals surface area (Å²) in [6.45, 7) is 5.12. The van der Waals surface area contributed by atoms with Gasteiger partial charge in [-0.1, -0.05) is 30.3 Å². The molecule has 1 aliphatic heterocycles. The van der Waals surface area contributed by atoms with Crippen LogP contribution in [0.15, 0.2) is 48.7 Å². The van der Waals surface area contributed by atoms with Crippen LogP contribution in [0.2, 0.25) is 0 Å². The van der Waals surface area contributed by atoms with Gasteiger partial charge in [0.25, 0.3) is 0 Å². The third-order valence-electron chi connectivity index (χ3n) is 5.26. The minimum absolute atomic E-state index is 0.00123. The van der Waals surface area contributed by atoms with Crippen molar-refractivity contribution in [1.82, 2.24) is 9.88 Å². The number of anilines is 1. The molecule has 0 saturated carbocycles. The molecular weight excluding hydrogens is 379 g/mol. The van der Waals surface area contributed by atoms with Crippen molar-refractivity contribution in [3.63, 3.8) is 0 Å². The summed E-state index contributed by atoms with van der Waals surface area (Å²) in [6.07, 6.45) is -1.78. The Hall–Kier alpha value is -2.57. The second-order valence-corrected chi connectivity index (χ2v) is 7.70. The lowest BCUT2D eigenvalue weighted by molar-refractivity contribution is -0.138. The molecule has 1 unspecified atom stereocenters. The summed E-state index contributed by atoms with van der Waals surface area (Å²) in [5.74, 6) is -0.451. The summed E-state index contributed by atoms with van der Waals surface area (Å²) in [5.41, 5.74) is 0.282. The molecule has 2 aromatic rings. The normalized spacial score (nSPS) is 17.4. The van der Waals surface area contributed by atoms with E-state index < -0.39 is 11.7 Å². The maximum absolute atomic E-state index is 13.4. The zero-order chi connectivity index (χ0) is 21.0. The largest absolute Gasteiger partial charge is 0.419 e. The second kappa shape index (κ2) is 8.84. The Morgan fingerprint density at radius 1 is 1.21 bits per heavy atom. The number of amides is 1. The van der Waals surface area contributed by atoms with E-state index in [1.807, 2.05) is 49.1 Å². The molecule has 156 valence electrons.